The average Bonchev–Trinajstić information content (AvgIpc) is 2.41. The molecule has 0 unspecified atom stereocenters. The lowest BCUT2D eigenvalue weighted by molar-refractivity contribution is 0.560. The zero-order valence-corrected chi connectivity index (χ0v) is 12.0. The Morgan fingerprint density at radius 3 is 2.35 bits per heavy atom. The summed E-state index contributed by atoms with van der Waals surface area (Å²) in [6.07, 6.45) is 0.884. The minimum Gasteiger partial charge on any atom is -0.363 e. The van der Waals surface area contributed by atoms with Crippen molar-refractivity contribution in [3.63, 3.8) is 0 Å². The van der Waals surface area contributed by atoms with Gasteiger partial charge in [-0.2, -0.15) is 5.26 Å². The molecule has 102 valence electrons. The first-order valence-electron chi connectivity index (χ1n) is 6.56. The van der Waals surface area contributed by atoms with Crippen molar-refractivity contribution in [2.75, 3.05) is 5.32 Å². The number of nitrogens with zero attached hydrogens (tertiary/aromatic N) is 3. The second kappa shape index (κ2) is 5.70. The highest BCUT2D eigenvalue weighted by atomic mass is 15.2. The summed E-state index contributed by atoms with van der Waals surface area (Å²) in [4.78, 5) is 0. The fourth-order valence-electron chi connectivity index (χ4n) is 2.07. The van der Waals surface area contributed by atoms with Crippen LogP contribution >= 0.6 is 0 Å². The second-order valence-corrected chi connectivity index (χ2v) is 5.59. The van der Waals surface area contributed by atoms with Crippen molar-refractivity contribution in [2.45, 2.75) is 32.7 Å². The Morgan fingerprint density at radius 2 is 1.80 bits per heavy atom. The van der Waals surface area contributed by atoms with E-state index in [0.29, 0.717) is 11.5 Å². The molecule has 1 heterocycles. The molecule has 0 aliphatic carbocycles. The number of benzene rings is 1. The minimum absolute atomic E-state index is 0.141. The first-order chi connectivity index (χ1) is 9.48. The first-order valence-corrected chi connectivity index (χ1v) is 6.56. The van der Waals surface area contributed by atoms with E-state index in [1.54, 1.807) is 12.1 Å². The van der Waals surface area contributed by atoms with E-state index in [4.69, 9.17) is 5.26 Å². The van der Waals surface area contributed by atoms with E-state index in [2.05, 4.69) is 60.6 Å². The van der Waals surface area contributed by atoms with Crippen LogP contribution in [0.1, 0.15) is 30.7 Å². The van der Waals surface area contributed by atoms with Crippen LogP contribution in [0.2, 0.25) is 0 Å². The van der Waals surface area contributed by atoms with E-state index in [9.17, 15) is 0 Å². The highest BCUT2D eigenvalue weighted by Crippen LogP contribution is 2.18. The molecule has 0 aliphatic heterocycles. The van der Waals surface area contributed by atoms with E-state index in [0.717, 1.165) is 6.42 Å². The van der Waals surface area contributed by atoms with E-state index < -0.39 is 0 Å². The topological polar surface area (TPSA) is 61.6 Å². The van der Waals surface area contributed by atoms with E-state index in [-0.39, 0.29) is 5.54 Å². The molecule has 20 heavy (non-hydrogen) atoms. The Hall–Kier alpha value is -2.41. The Balaban J connectivity index is 2.06. The highest BCUT2D eigenvalue weighted by Gasteiger charge is 2.18. The van der Waals surface area contributed by atoms with Crippen molar-refractivity contribution in [2.24, 2.45) is 0 Å². The molecule has 0 radical (unpaired) electrons. The van der Waals surface area contributed by atoms with Crippen LogP contribution < -0.4 is 5.32 Å². The summed E-state index contributed by atoms with van der Waals surface area (Å²) in [5.74, 6) is 0.682. The van der Waals surface area contributed by atoms with Gasteiger partial charge in [0, 0.05) is 5.54 Å². The Bertz CT molecular complexity index is 606. The van der Waals surface area contributed by atoms with Crippen molar-refractivity contribution in [1.82, 2.24) is 10.2 Å². The number of nitrogens with one attached hydrogen (secondary N) is 1. The fourth-order valence-corrected chi connectivity index (χ4v) is 2.07. The molecular weight excluding hydrogens is 248 g/mol. The summed E-state index contributed by atoms with van der Waals surface area (Å²) in [6.45, 7) is 6.32. The second-order valence-electron chi connectivity index (χ2n) is 5.59. The van der Waals surface area contributed by atoms with Crippen LogP contribution in [0, 0.1) is 18.3 Å². The van der Waals surface area contributed by atoms with Crippen LogP contribution in [0.15, 0.2) is 36.4 Å². The van der Waals surface area contributed by atoms with E-state index >= 15 is 0 Å². The van der Waals surface area contributed by atoms with Crippen molar-refractivity contribution >= 4 is 5.82 Å². The van der Waals surface area contributed by atoms with Crippen LogP contribution in [0.4, 0.5) is 5.82 Å². The number of aryl methyl sites for hydroxylation is 1. The third-order valence-corrected chi connectivity index (χ3v) is 3.01. The summed E-state index contributed by atoms with van der Waals surface area (Å²) >= 11 is 0. The molecule has 0 bridgehead atoms. The van der Waals surface area contributed by atoms with Gasteiger partial charge in [0.05, 0.1) is 0 Å². The van der Waals surface area contributed by atoms with Gasteiger partial charge >= 0.3 is 0 Å². The van der Waals surface area contributed by atoms with Gasteiger partial charge in [0.1, 0.15) is 11.9 Å². The summed E-state index contributed by atoms with van der Waals surface area (Å²) in [7, 11) is 0. The van der Waals surface area contributed by atoms with Gasteiger partial charge in [-0.15, -0.1) is 10.2 Å². The molecule has 1 aromatic heterocycles. The molecule has 0 spiro atoms. The number of aromatic nitrogens is 2. The Morgan fingerprint density at radius 1 is 1.10 bits per heavy atom. The largest absolute Gasteiger partial charge is 0.363 e. The van der Waals surface area contributed by atoms with Gasteiger partial charge < -0.3 is 5.32 Å². The summed E-state index contributed by atoms with van der Waals surface area (Å²) in [5.41, 5.74) is 2.72. The van der Waals surface area contributed by atoms with Gasteiger partial charge in [-0.05, 0) is 44.9 Å². The molecule has 2 aromatic rings. The van der Waals surface area contributed by atoms with Crippen molar-refractivity contribution in [3.05, 3.63) is 53.2 Å². The third-order valence-electron chi connectivity index (χ3n) is 3.01. The van der Waals surface area contributed by atoms with Gasteiger partial charge in [-0.1, -0.05) is 29.8 Å². The van der Waals surface area contributed by atoms with Crippen LogP contribution in [0.3, 0.4) is 0 Å². The molecule has 1 aromatic carbocycles. The van der Waals surface area contributed by atoms with Gasteiger partial charge in [0.15, 0.2) is 5.69 Å². The smallest absolute Gasteiger partial charge is 0.163 e. The normalized spacial score (nSPS) is 10.9. The summed E-state index contributed by atoms with van der Waals surface area (Å²) in [5, 5.41) is 19.9. The lowest BCUT2D eigenvalue weighted by Crippen LogP contribution is -2.34. The summed E-state index contributed by atoms with van der Waals surface area (Å²) < 4.78 is 0. The SMILES string of the molecule is Cc1ccc(CC(C)(C)Nc2ccc(C#N)nn2)cc1. The number of hydrogen-bond acceptors (Lipinski definition) is 4. The number of nitriles is 1. The molecule has 4 heteroatoms. The maximum absolute atomic E-state index is 8.71. The molecule has 0 saturated carbocycles. The third kappa shape index (κ3) is 3.79. The standard InChI is InChI=1S/C16H18N4/c1-12-4-6-13(7-5-12)10-16(2,3)18-15-9-8-14(11-17)19-20-15/h4-9H,10H2,1-3H3,(H,18,20). The molecule has 4 nitrogen and oxygen atoms in total. The van der Waals surface area contributed by atoms with Gasteiger partial charge in [-0.3, -0.25) is 0 Å². The van der Waals surface area contributed by atoms with Crippen molar-refractivity contribution < 1.29 is 0 Å². The maximum Gasteiger partial charge on any atom is 0.163 e. The zero-order valence-electron chi connectivity index (χ0n) is 12.0. The minimum atomic E-state index is -0.141. The number of rotatable bonds is 4. The average molecular weight is 266 g/mol. The lowest BCUT2D eigenvalue weighted by Gasteiger charge is -2.27. The predicted octanol–water partition coefficient (Wildman–Crippen LogP) is 3.09. The molecule has 1 N–H and O–H groups in total. The Kier molecular flexibility index (Phi) is 3.99. The lowest BCUT2D eigenvalue weighted by atomic mass is 9.94. The first kappa shape index (κ1) is 14.0. The van der Waals surface area contributed by atoms with Gasteiger partial charge in [0.2, 0.25) is 0 Å². The molecular formula is C16H18N4. The zero-order chi connectivity index (χ0) is 14.6. The van der Waals surface area contributed by atoms with Crippen LogP contribution in [-0.4, -0.2) is 15.7 Å². The van der Waals surface area contributed by atoms with Crippen LogP contribution in [-0.2, 0) is 6.42 Å². The molecule has 0 amide bonds. The number of hydrogen-bond donors (Lipinski definition) is 1. The Labute approximate surface area is 119 Å². The van der Waals surface area contributed by atoms with Crippen LogP contribution in [0.5, 0.6) is 0 Å². The molecule has 0 atom stereocenters. The molecule has 2 rings (SSSR count). The number of anilines is 1. The fraction of sp³-hybridized carbons (Fsp3) is 0.312. The maximum atomic E-state index is 8.71. The molecule has 0 fully saturated rings. The van der Waals surface area contributed by atoms with E-state index in [1.165, 1.54) is 11.1 Å². The summed E-state index contributed by atoms with van der Waals surface area (Å²) in [6, 6.07) is 13.9. The van der Waals surface area contributed by atoms with Crippen molar-refractivity contribution in [3.8, 4) is 6.07 Å². The monoisotopic (exact) mass is 266 g/mol. The van der Waals surface area contributed by atoms with Crippen LogP contribution in [0.25, 0.3) is 0 Å². The molecule has 0 aliphatic rings. The van der Waals surface area contributed by atoms with Gasteiger partial charge in [-0.25, -0.2) is 0 Å². The molecule has 0 saturated heterocycles. The predicted molar refractivity (Wildman–Crippen MR) is 79.3 cm³/mol. The quantitative estimate of drug-likeness (QED) is 0.923. The van der Waals surface area contributed by atoms with Crippen molar-refractivity contribution in [1.29, 1.82) is 5.26 Å². The van der Waals surface area contributed by atoms with Gasteiger partial charge in [0.25, 0.3) is 0 Å². The highest BCUT2D eigenvalue weighted by molar-refractivity contribution is 5.38. The van der Waals surface area contributed by atoms with E-state index in [1.807, 2.05) is 6.07 Å².